The lowest BCUT2D eigenvalue weighted by atomic mass is 10.2. The van der Waals surface area contributed by atoms with Gasteiger partial charge in [-0.05, 0) is 18.9 Å². The normalized spacial score (nSPS) is 14.3. The van der Waals surface area contributed by atoms with Gasteiger partial charge in [0.1, 0.15) is 17.5 Å². The number of carbonyl (C=O) groups is 1. The minimum atomic E-state index is -0.695. The number of carbonyl (C=O) groups excluding carboxylic acids is 1. The number of halogens is 2. The molecule has 7 heteroatoms. The summed E-state index contributed by atoms with van der Waals surface area (Å²) in [5.41, 5.74) is 0.206. The molecule has 1 fully saturated rings. The van der Waals surface area contributed by atoms with Crippen molar-refractivity contribution in [1.82, 2.24) is 20.5 Å². The monoisotopic (exact) mass is 278 g/mol. The summed E-state index contributed by atoms with van der Waals surface area (Å²) in [6.07, 6.45) is 2.11. The van der Waals surface area contributed by atoms with E-state index in [0.29, 0.717) is 11.7 Å². The first-order valence-electron chi connectivity index (χ1n) is 6.28. The molecule has 1 amide bonds. The highest BCUT2D eigenvalue weighted by Crippen LogP contribution is 2.37. The van der Waals surface area contributed by atoms with Crippen LogP contribution < -0.4 is 5.32 Å². The van der Waals surface area contributed by atoms with Crippen molar-refractivity contribution in [3.8, 4) is 0 Å². The topological polar surface area (TPSA) is 70.7 Å². The lowest BCUT2D eigenvalue weighted by molar-refractivity contribution is 0.0940. The molecule has 1 saturated carbocycles. The van der Waals surface area contributed by atoms with Crippen molar-refractivity contribution in [2.45, 2.75) is 25.3 Å². The molecule has 0 radical (unpaired) electrons. The Balaban J connectivity index is 1.63. The summed E-state index contributed by atoms with van der Waals surface area (Å²) in [4.78, 5) is 15.9. The number of hydrogen-bond acceptors (Lipinski definition) is 3. The Morgan fingerprint density at radius 3 is 2.90 bits per heavy atom. The summed E-state index contributed by atoms with van der Waals surface area (Å²) in [5.74, 6) is -0.715. The lowest BCUT2D eigenvalue weighted by Crippen LogP contribution is -2.24. The average Bonchev–Trinajstić information content (AvgIpc) is 3.15. The van der Waals surface area contributed by atoms with Crippen LogP contribution >= 0.6 is 0 Å². The molecule has 5 nitrogen and oxygen atoms in total. The molecular weight excluding hydrogens is 266 g/mol. The van der Waals surface area contributed by atoms with Crippen LogP contribution in [0.2, 0.25) is 0 Å². The number of aromatic nitrogens is 3. The zero-order chi connectivity index (χ0) is 14.1. The van der Waals surface area contributed by atoms with Gasteiger partial charge in [0.25, 0.3) is 5.91 Å². The van der Waals surface area contributed by atoms with Crippen molar-refractivity contribution < 1.29 is 13.6 Å². The number of benzene rings is 1. The number of H-pyrrole nitrogens is 1. The summed E-state index contributed by atoms with van der Waals surface area (Å²) >= 11 is 0. The van der Waals surface area contributed by atoms with Crippen LogP contribution in [0.25, 0.3) is 0 Å². The van der Waals surface area contributed by atoms with E-state index in [1.54, 1.807) is 0 Å². The van der Waals surface area contributed by atoms with E-state index in [2.05, 4.69) is 20.5 Å². The number of aromatic amines is 1. The summed E-state index contributed by atoms with van der Waals surface area (Å²) in [7, 11) is 0. The highest BCUT2D eigenvalue weighted by Gasteiger charge is 2.28. The Hall–Kier alpha value is -2.31. The first kappa shape index (κ1) is 12.7. The summed E-state index contributed by atoms with van der Waals surface area (Å²) in [5, 5.41) is 9.05. The van der Waals surface area contributed by atoms with Crippen LogP contribution in [0, 0.1) is 11.6 Å². The van der Waals surface area contributed by atoms with Crippen LogP contribution in [0.4, 0.5) is 8.78 Å². The third-order valence-corrected chi connectivity index (χ3v) is 3.12. The number of hydrogen-bond donors (Lipinski definition) is 2. The van der Waals surface area contributed by atoms with E-state index >= 15 is 0 Å². The fourth-order valence-corrected chi connectivity index (χ4v) is 1.83. The molecule has 0 atom stereocenters. The van der Waals surface area contributed by atoms with Gasteiger partial charge in [0, 0.05) is 24.1 Å². The molecule has 2 N–H and O–H groups in total. The van der Waals surface area contributed by atoms with Gasteiger partial charge in [0.15, 0.2) is 0 Å². The Kier molecular flexibility index (Phi) is 3.17. The molecule has 0 spiro atoms. The van der Waals surface area contributed by atoms with Crippen LogP contribution in [0.15, 0.2) is 18.2 Å². The SMILES string of the molecule is O=C(NCc1ccc(F)cc1F)c1n[nH]c(C2CC2)n1. The third kappa shape index (κ3) is 2.66. The van der Waals surface area contributed by atoms with E-state index < -0.39 is 17.5 Å². The second-order valence-electron chi connectivity index (χ2n) is 4.74. The van der Waals surface area contributed by atoms with Crippen molar-refractivity contribution in [2.75, 3.05) is 0 Å². The quantitative estimate of drug-likeness (QED) is 0.897. The summed E-state index contributed by atoms with van der Waals surface area (Å²) in [6, 6.07) is 3.21. The second kappa shape index (κ2) is 4.99. The fourth-order valence-electron chi connectivity index (χ4n) is 1.83. The molecule has 0 saturated heterocycles. The number of nitrogens with one attached hydrogen (secondary N) is 2. The molecule has 1 aliphatic rings. The first-order chi connectivity index (χ1) is 9.63. The van der Waals surface area contributed by atoms with Crippen LogP contribution in [0.3, 0.4) is 0 Å². The maximum absolute atomic E-state index is 13.4. The highest BCUT2D eigenvalue weighted by atomic mass is 19.1. The molecule has 0 bridgehead atoms. The average molecular weight is 278 g/mol. The van der Waals surface area contributed by atoms with Gasteiger partial charge in [0.2, 0.25) is 5.82 Å². The number of rotatable bonds is 4. The molecule has 1 aromatic carbocycles. The second-order valence-corrected chi connectivity index (χ2v) is 4.74. The Morgan fingerprint density at radius 2 is 2.20 bits per heavy atom. The molecule has 1 aliphatic carbocycles. The molecule has 2 aromatic rings. The van der Waals surface area contributed by atoms with Crippen molar-refractivity contribution in [3.63, 3.8) is 0 Å². The predicted octanol–water partition coefficient (Wildman–Crippen LogP) is 1.89. The van der Waals surface area contributed by atoms with E-state index in [1.807, 2.05) is 0 Å². The Bertz CT molecular complexity index is 652. The molecule has 1 heterocycles. The largest absolute Gasteiger partial charge is 0.345 e. The Morgan fingerprint density at radius 1 is 1.40 bits per heavy atom. The van der Waals surface area contributed by atoms with E-state index in [4.69, 9.17) is 0 Å². The van der Waals surface area contributed by atoms with Crippen molar-refractivity contribution >= 4 is 5.91 Å². The van der Waals surface area contributed by atoms with E-state index in [1.165, 1.54) is 6.07 Å². The Labute approximate surface area is 113 Å². The maximum atomic E-state index is 13.4. The molecule has 1 aromatic heterocycles. The van der Waals surface area contributed by atoms with Crippen LogP contribution in [-0.4, -0.2) is 21.1 Å². The zero-order valence-electron chi connectivity index (χ0n) is 10.5. The van der Waals surface area contributed by atoms with Gasteiger partial charge in [-0.1, -0.05) is 6.07 Å². The molecule has 0 aliphatic heterocycles. The van der Waals surface area contributed by atoms with E-state index in [0.717, 1.165) is 25.0 Å². The summed E-state index contributed by atoms with van der Waals surface area (Å²) in [6.45, 7) is -0.0434. The third-order valence-electron chi connectivity index (χ3n) is 3.12. The van der Waals surface area contributed by atoms with Gasteiger partial charge in [-0.2, -0.15) is 0 Å². The number of nitrogens with zero attached hydrogens (tertiary/aromatic N) is 2. The first-order valence-corrected chi connectivity index (χ1v) is 6.28. The molecule has 104 valence electrons. The van der Waals surface area contributed by atoms with Crippen molar-refractivity contribution in [1.29, 1.82) is 0 Å². The van der Waals surface area contributed by atoms with Gasteiger partial charge in [0.05, 0.1) is 0 Å². The van der Waals surface area contributed by atoms with Gasteiger partial charge in [-0.25, -0.2) is 13.8 Å². The highest BCUT2D eigenvalue weighted by molar-refractivity contribution is 5.90. The van der Waals surface area contributed by atoms with Crippen molar-refractivity contribution in [2.24, 2.45) is 0 Å². The fraction of sp³-hybridized carbons (Fsp3) is 0.308. The van der Waals surface area contributed by atoms with Crippen LogP contribution in [0.5, 0.6) is 0 Å². The number of amides is 1. The molecule has 3 rings (SSSR count). The molecular formula is C13H12F2N4O. The lowest BCUT2D eigenvalue weighted by Gasteiger charge is -2.04. The van der Waals surface area contributed by atoms with E-state index in [9.17, 15) is 13.6 Å². The van der Waals surface area contributed by atoms with Crippen LogP contribution in [-0.2, 0) is 6.54 Å². The van der Waals surface area contributed by atoms with Crippen LogP contribution in [0.1, 0.15) is 40.8 Å². The summed E-state index contributed by atoms with van der Waals surface area (Å²) < 4.78 is 26.1. The minimum absolute atomic E-state index is 0.0365. The predicted molar refractivity (Wildman–Crippen MR) is 65.9 cm³/mol. The van der Waals surface area contributed by atoms with Gasteiger partial charge < -0.3 is 5.32 Å². The maximum Gasteiger partial charge on any atom is 0.291 e. The van der Waals surface area contributed by atoms with Gasteiger partial charge in [-0.3, -0.25) is 9.89 Å². The van der Waals surface area contributed by atoms with Crippen molar-refractivity contribution in [3.05, 3.63) is 47.0 Å². The molecule has 20 heavy (non-hydrogen) atoms. The standard InChI is InChI=1S/C13H12F2N4O/c14-9-4-3-8(10(15)5-9)6-16-13(20)12-17-11(18-19-12)7-1-2-7/h3-5,7H,1-2,6H2,(H,16,20)(H,17,18,19). The minimum Gasteiger partial charge on any atom is -0.345 e. The zero-order valence-corrected chi connectivity index (χ0v) is 10.5. The van der Waals surface area contributed by atoms with Gasteiger partial charge in [-0.15, -0.1) is 5.10 Å². The van der Waals surface area contributed by atoms with Gasteiger partial charge >= 0.3 is 0 Å². The van der Waals surface area contributed by atoms with E-state index in [-0.39, 0.29) is 17.9 Å². The smallest absolute Gasteiger partial charge is 0.291 e. The molecule has 0 unspecified atom stereocenters.